The van der Waals surface area contributed by atoms with Crippen molar-refractivity contribution in [3.8, 4) is 16.9 Å². The Kier molecular flexibility index (Phi) is 4.21. The summed E-state index contributed by atoms with van der Waals surface area (Å²) in [6, 6.07) is 8.86. The summed E-state index contributed by atoms with van der Waals surface area (Å²) in [7, 11) is 1.65. The van der Waals surface area contributed by atoms with Crippen molar-refractivity contribution in [3.05, 3.63) is 65.6 Å². The van der Waals surface area contributed by atoms with Crippen molar-refractivity contribution in [2.75, 3.05) is 12.8 Å². The van der Waals surface area contributed by atoms with Gasteiger partial charge >= 0.3 is 0 Å². The molecule has 3 heterocycles. The van der Waals surface area contributed by atoms with Crippen LogP contribution in [0.15, 0.2) is 48.9 Å². The molecule has 136 valence electrons. The molecule has 0 saturated carbocycles. The Morgan fingerprint density at radius 2 is 1.96 bits per heavy atom. The first kappa shape index (κ1) is 17.0. The fourth-order valence-corrected chi connectivity index (χ4v) is 3.42. The van der Waals surface area contributed by atoms with E-state index in [0.717, 1.165) is 33.2 Å². The fourth-order valence-electron chi connectivity index (χ4n) is 3.42. The molecule has 7 nitrogen and oxygen atoms in total. The van der Waals surface area contributed by atoms with Crippen molar-refractivity contribution in [3.63, 3.8) is 0 Å². The number of phenolic OH excluding ortho intramolecular Hbond substituents is 1. The summed E-state index contributed by atoms with van der Waals surface area (Å²) in [5.74, 6) is 0.646. The largest absolute Gasteiger partial charge is 0.508 e. The summed E-state index contributed by atoms with van der Waals surface area (Å²) < 4.78 is 5.78. The van der Waals surface area contributed by atoms with E-state index in [1.54, 1.807) is 31.6 Å². The number of aromatic nitrogens is 4. The second-order valence-corrected chi connectivity index (χ2v) is 6.32. The molecule has 4 aromatic rings. The minimum Gasteiger partial charge on any atom is -0.508 e. The third kappa shape index (κ3) is 2.88. The first-order chi connectivity index (χ1) is 13.1. The monoisotopic (exact) mass is 361 g/mol. The van der Waals surface area contributed by atoms with Gasteiger partial charge in [-0.3, -0.25) is 0 Å². The van der Waals surface area contributed by atoms with Crippen LogP contribution in [0, 0.1) is 6.92 Å². The van der Waals surface area contributed by atoms with E-state index in [2.05, 4.69) is 20.2 Å². The van der Waals surface area contributed by atoms with Crippen LogP contribution in [0.3, 0.4) is 0 Å². The van der Waals surface area contributed by atoms with E-state index in [1.165, 1.54) is 0 Å². The Bertz CT molecular complexity index is 1090. The van der Waals surface area contributed by atoms with Crippen molar-refractivity contribution in [2.45, 2.75) is 13.0 Å². The van der Waals surface area contributed by atoms with Gasteiger partial charge in [-0.1, -0.05) is 12.1 Å². The quantitative estimate of drug-likeness (QED) is 0.514. The number of anilines is 1. The number of pyridine rings is 1. The molecule has 0 aliphatic rings. The van der Waals surface area contributed by atoms with Crippen LogP contribution >= 0.6 is 0 Å². The zero-order valence-corrected chi connectivity index (χ0v) is 15.0. The number of hydrogen-bond donors (Lipinski definition) is 3. The van der Waals surface area contributed by atoms with Crippen LogP contribution in [-0.2, 0) is 4.74 Å². The molecule has 7 heteroatoms. The molecular weight excluding hydrogens is 342 g/mol. The molecule has 4 rings (SSSR count). The summed E-state index contributed by atoms with van der Waals surface area (Å²) in [6.07, 6.45) is 4.90. The molecule has 1 atom stereocenters. The van der Waals surface area contributed by atoms with Crippen molar-refractivity contribution in [1.29, 1.82) is 0 Å². The van der Waals surface area contributed by atoms with Crippen LogP contribution in [-0.4, -0.2) is 32.4 Å². The van der Waals surface area contributed by atoms with Gasteiger partial charge in [-0.05, 0) is 36.2 Å². The number of benzene rings is 1. The maximum absolute atomic E-state index is 9.58. The van der Waals surface area contributed by atoms with E-state index >= 15 is 0 Å². The maximum atomic E-state index is 9.58. The van der Waals surface area contributed by atoms with Crippen LogP contribution in [0.2, 0.25) is 0 Å². The number of ether oxygens (including phenoxy) is 1. The Balaban J connectivity index is 1.96. The molecule has 0 bridgehead atoms. The molecule has 4 N–H and O–H groups in total. The number of aryl methyl sites for hydroxylation is 1. The number of rotatable bonds is 4. The molecule has 0 saturated heterocycles. The van der Waals surface area contributed by atoms with Crippen molar-refractivity contribution in [1.82, 2.24) is 20.2 Å². The number of nitrogens with two attached hydrogens (primary N) is 1. The van der Waals surface area contributed by atoms with Gasteiger partial charge in [-0.25, -0.2) is 4.98 Å². The van der Waals surface area contributed by atoms with Crippen molar-refractivity contribution < 1.29 is 9.84 Å². The molecular formula is C20H19N5O2. The van der Waals surface area contributed by atoms with Gasteiger partial charge in [0.2, 0.25) is 0 Å². The predicted molar refractivity (Wildman–Crippen MR) is 103 cm³/mol. The Labute approximate surface area is 155 Å². The highest BCUT2D eigenvalue weighted by Gasteiger charge is 2.22. The molecule has 0 radical (unpaired) electrons. The van der Waals surface area contributed by atoms with E-state index in [9.17, 15) is 5.11 Å². The van der Waals surface area contributed by atoms with Gasteiger partial charge in [0.05, 0.1) is 6.20 Å². The second-order valence-electron chi connectivity index (χ2n) is 6.32. The third-order valence-electron chi connectivity index (χ3n) is 4.68. The molecule has 0 fully saturated rings. The predicted octanol–water partition coefficient (Wildman–Crippen LogP) is 3.35. The van der Waals surface area contributed by atoms with Gasteiger partial charge in [0.1, 0.15) is 17.7 Å². The van der Waals surface area contributed by atoms with Crippen LogP contribution in [0.25, 0.3) is 22.2 Å². The standard InChI is InChI=1S/C20H19N5O2/c1-11-7-8-22-19(21)16(11)14-10-24-25-20-17(14)15(9-23-20)18(27-2)12-3-5-13(26)6-4-12/h3-10,18,26H,1-2H3,(H2,21,22)(H,23,25). The number of hydrogen-bond acceptors (Lipinski definition) is 6. The first-order valence-corrected chi connectivity index (χ1v) is 8.46. The average molecular weight is 361 g/mol. The molecule has 1 aromatic carbocycles. The van der Waals surface area contributed by atoms with E-state index < -0.39 is 0 Å². The highest BCUT2D eigenvalue weighted by Crippen LogP contribution is 2.38. The minimum atomic E-state index is -0.347. The zero-order chi connectivity index (χ0) is 19.0. The molecule has 0 aliphatic carbocycles. The van der Waals surface area contributed by atoms with Gasteiger partial charge in [0.25, 0.3) is 0 Å². The Morgan fingerprint density at radius 3 is 2.67 bits per heavy atom. The lowest BCUT2D eigenvalue weighted by Crippen LogP contribution is -2.04. The van der Waals surface area contributed by atoms with Crippen LogP contribution in [0.4, 0.5) is 5.82 Å². The van der Waals surface area contributed by atoms with Crippen molar-refractivity contribution >= 4 is 16.9 Å². The van der Waals surface area contributed by atoms with Gasteiger partial charge < -0.3 is 20.6 Å². The first-order valence-electron chi connectivity index (χ1n) is 8.46. The lowest BCUT2D eigenvalue weighted by molar-refractivity contribution is 0.137. The number of nitrogens with one attached hydrogen (secondary N) is 1. The van der Waals surface area contributed by atoms with Crippen LogP contribution in [0.1, 0.15) is 22.8 Å². The molecule has 1 unspecified atom stereocenters. The van der Waals surface area contributed by atoms with E-state index in [0.29, 0.717) is 11.5 Å². The van der Waals surface area contributed by atoms with Gasteiger partial charge in [0, 0.05) is 41.6 Å². The molecule has 0 amide bonds. The van der Waals surface area contributed by atoms with Crippen LogP contribution < -0.4 is 5.73 Å². The number of fused-ring (bicyclic) bond motifs is 1. The van der Waals surface area contributed by atoms with Gasteiger partial charge in [0.15, 0.2) is 5.65 Å². The fraction of sp³-hybridized carbons (Fsp3) is 0.150. The van der Waals surface area contributed by atoms with E-state index in [4.69, 9.17) is 10.5 Å². The summed E-state index contributed by atoms with van der Waals surface area (Å²) in [5.41, 5.74) is 11.3. The number of nitrogen functional groups attached to an aromatic ring is 1. The highest BCUT2D eigenvalue weighted by atomic mass is 16.5. The Hall–Kier alpha value is -3.45. The Morgan fingerprint density at radius 1 is 1.19 bits per heavy atom. The zero-order valence-electron chi connectivity index (χ0n) is 15.0. The van der Waals surface area contributed by atoms with Crippen molar-refractivity contribution in [2.24, 2.45) is 0 Å². The molecule has 3 aromatic heterocycles. The SMILES string of the molecule is COC(c1ccc(O)cc1)c1c[nH]c2nncc(-c3c(C)ccnc3N)c12. The molecule has 0 spiro atoms. The minimum absolute atomic E-state index is 0.206. The summed E-state index contributed by atoms with van der Waals surface area (Å²) in [6.45, 7) is 1.99. The van der Waals surface area contributed by atoms with Gasteiger partial charge in [-0.15, -0.1) is 5.10 Å². The molecule has 27 heavy (non-hydrogen) atoms. The lowest BCUT2D eigenvalue weighted by atomic mass is 9.95. The number of nitrogens with zero attached hydrogens (tertiary/aromatic N) is 3. The normalized spacial score (nSPS) is 12.4. The number of methoxy groups -OCH3 is 1. The number of phenols is 1. The summed E-state index contributed by atoms with van der Waals surface area (Å²) in [4.78, 5) is 7.40. The van der Waals surface area contributed by atoms with E-state index in [1.807, 2.05) is 31.3 Å². The topological polar surface area (TPSA) is 110 Å². The number of aromatic hydroxyl groups is 1. The average Bonchev–Trinajstić information content (AvgIpc) is 3.09. The van der Waals surface area contributed by atoms with Gasteiger partial charge in [-0.2, -0.15) is 5.10 Å². The second kappa shape index (κ2) is 6.69. The number of H-pyrrole nitrogens is 1. The smallest absolute Gasteiger partial charge is 0.160 e. The molecule has 0 aliphatic heterocycles. The summed E-state index contributed by atoms with van der Waals surface area (Å²) >= 11 is 0. The lowest BCUT2D eigenvalue weighted by Gasteiger charge is -2.17. The van der Waals surface area contributed by atoms with Crippen LogP contribution in [0.5, 0.6) is 5.75 Å². The highest BCUT2D eigenvalue weighted by molar-refractivity contribution is 5.98. The third-order valence-corrected chi connectivity index (χ3v) is 4.68. The number of aromatic amines is 1. The van der Waals surface area contributed by atoms with E-state index in [-0.39, 0.29) is 11.9 Å². The summed E-state index contributed by atoms with van der Waals surface area (Å²) in [5, 5.41) is 18.8. The maximum Gasteiger partial charge on any atom is 0.160 e.